The lowest BCUT2D eigenvalue weighted by Crippen LogP contribution is -2.20. The molecule has 0 amide bonds. The van der Waals surface area contributed by atoms with Crippen LogP contribution in [0.15, 0.2) is 18.2 Å². The second-order valence-corrected chi connectivity index (χ2v) is 5.90. The second-order valence-electron chi connectivity index (χ2n) is 3.69. The van der Waals surface area contributed by atoms with E-state index in [1.807, 2.05) is 6.92 Å². The van der Waals surface area contributed by atoms with E-state index in [0.717, 1.165) is 0 Å². The van der Waals surface area contributed by atoms with Crippen molar-refractivity contribution in [1.82, 2.24) is 0 Å². The van der Waals surface area contributed by atoms with Crippen molar-refractivity contribution in [3.8, 4) is 0 Å². The van der Waals surface area contributed by atoms with Crippen molar-refractivity contribution in [3.63, 3.8) is 0 Å². The number of carboxylic acid groups (broad SMARTS) is 1. The van der Waals surface area contributed by atoms with Gasteiger partial charge in [-0.25, -0.2) is 4.79 Å². The van der Waals surface area contributed by atoms with Gasteiger partial charge in [-0.05, 0) is 25.1 Å². The van der Waals surface area contributed by atoms with Crippen LogP contribution in [0.25, 0.3) is 0 Å². The molecule has 2 atom stereocenters. The summed E-state index contributed by atoms with van der Waals surface area (Å²) in [5.41, 5.74) is 0.793. The summed E-state index contributed by atoms with van der Waals surface area (Å²) in [4.78, 5) is 10.7. The maximum atomic E-state index is 11.2. The summed E-state index contributed by atoms with van der Waals surface area (Å²) in [6, 6.07) is 4.47. The predicted molar refractivity (Wildman–Crippen MR) is 70.4 cm³/mol. The van der Waals surface area contributed by atoms with Crippen molar-refractivity contribution < 1.29 is 14.1 Å². The molecule has 0 aromatic heterocycles. The van der Waals surface area contributed by atoms with Crippen LogP contribution < -0.4 is 5.32 Å². The average molecular weight is 276 g/mol. The summed E-state index contributed by atoms with van der Waals surface area (Å²) in [7, 11) is -0.902. The number of halogens is 1. The van der Waals surface area contributed by atoms with Gasteiger partial charge in [0.2, 0.25) is 0 Å². The minimum atomic E-state index is -1.01. The molecule has 4 nitrogen and oxygen atoms in total. The van der Waals surface area contributed by atoms with Crippen molar-refractivity contribution in [2.75, 3.05) is 18.1 Å². The first kappa shape index (κ1) is 14.0. The van der Waals surface area contributed by atoms with Gasteiger partial charge in [-0.2, -0.15) is 0 Å². The highest BCUT2D eigenvalue weighted by Gasteiger charge is 2.09. The number of hydrogen-bond acceptors (Lipinski definition) is 3. The molecule has 2 unspecified atom stereocenters. The van der Waals surface area contributed by atoms with Gasteiger partial charge in [0, 0.05) is 28.9 Å². The van der Waals surface area contributed by atoms with Gasteiger partial charge in [-0.15, -0.1) is 0 Å². The maximum absolute atomic E-state index is 11.2. The number of aromatic carboxylic acids is 1. The summed E-state index contributed by atoms with van der Waals surface area (Å²) in [5.74, 6) is -1.01. The van der Waals surface area contributed by atoms with Gasteiger partial charge in [0.15, 0.2) is 0 Å². The molecule has 0 bridgehead atoms. The Kier molecular flexibility index (Phi) is 4.96. The highest BCUT2D eigenvalue weighted by molar-refractivity contribution is 7.84. The number of hydrogen-bond donors (Lipinski definition) is 2. The third kappa shape index (κ3) is 4.02. The zero-order valence-corrected chi connectivity index (χ0v) is 11.1. The first-order chi connectivity index (χ1) is 7.91. The number of carboxylic acids is 1. The zero-order valence-electron chi connectivity index (χ0n) is 9.57. The number of anilines is 1. The third-order valence-corrected chi connectivity index (χ3v) is 3.98. The molecule has 2 N–H and O–H groups in total. The van der Waals surface area contributed by atoms with E-state index < -0.39 is 16.8 Å². The second kappa shape index (κ2) is 6.02. The summed E-state index contributed by atoms with van der Waals surface area (Å²) in [6.45, 7) is 2.39. The number of benzene rings is 1. The van der Waals surface area contributed by atoms with Crippen LogP contribution in [0.2, 0.25) is 5.02 Å². The monoisotopic (exact) mass is 275 g/mol. The topological polar surface area (TPSA) is 66.4 Å². The molecule has 0 heterocycles. The standard InChI is InChI=1S/C11H14ClNO3S/c1-7(17(2)16)6-13-10-4-3-8(11(14)15)5-9(10)12/h3-5,7,13H,6H2,1-2H3,(H,14,15). The van der Waals surface area contributed by atoms with Crippen LogP contribution in [-0.2, 0) is 10.8 Å². The average Bonchev–Trinajstić information content (AvgIpc) is 2.26. The van der Waals surface area contributed by atoms with E-state index >= 15 is 0 Å². The molecule has 0 aliphatic rings. The van der Waals surface area contributed by atoms with Crippen molar-refractivity contribution >= 4 is 34.1 Å². The van der Waals surface area contributed by atoms with Crippen LogP contribution in [0.1, 0.15) is 17.3 Å². The number of rotatable bonds is 5. The summed E-state index contributed by atoms with van der Waals surface area (Å²) < 4.78 is 11.2. The smallest absolute Gasteiger partial charge is 0.335 e. The quantitative estimate of drug-likeness (QED) is 0.865. The molecule has 1 aromatic rings. The van der Waals surface area contributed by atoms with E-state index in [0.29, 0.717) is 17.3 Å². The molecule has 1 aromatic carbocycles. The Labute approximate surface area is 107 Å². The van der Waals surface area contributed by atoms with Crippen LogP contribution >= 0.6 is 11.6 Å². The van der Waals surface area contributed by atoms with Gasteiger partial charge in [-0.1, -0.05) is 11.6 Å². The first-order valence-electron chi connectivity index (χ1n) is 5.00. The zero-order chi connectivity index (χ0) is 13.0. The number of carbonyl (C=O) groups is 1. The third-order valence-electron chi connectivity index (χ3n) is 2.36. The van der Waals surface area contributed by atoms with Gasteiger partial charge in [0.25, 0.3) is 0 Å². The Hall–Kier alpha value is -1.07. The lowest BCUT2D eigenvalue weighted by Gasteiger charge is -2.12. The molecular formula is C11H14ClNO3S. The van der Waals surface area contributed by atoms with Crippen LogP contribution in [0.5, 0.6) is 0 Å². The molecule has 0 aliphatic heterocycles. The van der Waals surface area contributed by atoms with Gasteiger partial charge in [-0.3, -0.25) is 4.21 Å². The molecule has 0 saturated heterocycles. The van der Waals surface area contributed by atoms with E-state index in [2.05, 4.69) is 5.32 Å². The normalized spacial score (nSPS) is 14.1. The molecule has 1 rings (SSSR count). The van der Waals surface area contributed by atoms with Crippen LogP contribution in [0.4, 0.5) is 5.69 Å². The summed E-state index contributed by atoms with van der Waals surface area (Å²) >= 11 is 5.93. The predicted octanol–water partition coefficient (Wildman–Crippen LogP) is 2.22. The SMILES string of the molecule is CC(CNc1ccc(C(=O)O)cc1Cl)S(C)=O. The fourth-order valence-corrected chi connectivity index (χ4v) is 1.73. The van der Waals surface area contributed by atoms with Gasteiger partial charge < -0.3 is 10.4 Å². The maximum Gasteiger partial charge on any atom is 0.335 e. The van der Waals surface area contributed by atoms with Crippen molar-refractivity contribution in [3.05, 3.63) is 28.8 Å². The lowest BCUT2D eigenvalue weighted by molar-refractivity contribution is 0.0697. The molecule has 17 heavy (non-hydrogen) atoms. The van der Waals surface area contributed by atoms with Crippen molar-refractivity contribution in [1.29, 1.82) is 0 Å². The van der Waals surface area contributed by atoms with E-state index in [1.165, 1.54) is 12.1 Å². The Morgan fingerprint density at radius 3 is 2.71 bits per heavy atom. The fourth-order valence-electron chi connectivity index (χ4n) is 1.16. The molecular weight excluding hydrogens is 262 g/mol. The minimum absolute atomic E-state index is 0.00483. The van der Waals surface area contributed by atoms with Crippen molar-refractivity contribution in [2.45, 2.75) is 12.2 Å². The highest BCUT2D eigenvalue weighted by Crippen LogP contribution is 2.23. The Bertz CT molecular complexity index is 450. The largest absolute Gasteiger partial charge is 0.478 e. The fraction of sp³-hybridized carbons (Fsp3) is 0.364. The molecule has 0 spiro atoms. The van der Waals surface area contributed by atoms with Gasteiger partial charge >= 0.3 is 5.97 Å². The molecule has 6 heteroatoms. The number of nitrogens with one attached hydrogen (secondary N) is 1. The van der Waals surface area contributed by atoms with E-state index in [1.54, 1.807) is 12.3 Å². The van der Waals surface area contributed by atoms with E-state index in [4.69, 9.17) is 16.7 Å². The minimum Gasteiger partial charge on any atom is -0.478 e. The molecule has 0 fully saturated rings. The lowest BCUT2D eigenvalue weighted by atomic mass is 10.2. The molecule has 0 radical (unpaired) electrons. The Morgan fingerprint density at radius 2 is 2.24 bits per heavy atom. The van der Waals surface area contributed by atoms with Crippen LogP contribution in [0, 0.1) is 0 Å². The Morgan fingerprint density at radius 1 is 1.59 bits per heavy atom. The first-order valence-corrected chi connectivity index (χ1v) is 7.00. The summed E-state index contributed by atoms with van der Waals surface area (Å²) in [6.07, 6.45) is 1.64. The van der Waals surface area contributed by atoms with Crippen LogP contribution in [0.3, 0.4) is 0 Å². The highest BCUT2D eigenvalue weighted by atomic mass is 35.5. The molecule has 0 saturated carbocycles. The van der Waals surface area contributed by atoms with Gasteiger partial charge in [0.05, 0.1) is 16.3 Å². The van der Waals surface area contributed by atoms with E-state index in [9.17, 15) is 9.00 Å². The van der Waals surface area contributed by atoms with Gasteiger partial charge in [0.1, 0.15) is 0 Å². The van der Waals surface area contributed by atoms with Crippen LogP contribution in [-0.4, -0.2) is 33.3 Å². The van der Waals surface area contributed by atoms with E-state index in [-0.39, 0.29) is 10.8 Å². The molecule has 94 valence electrons. The molecule has 0 aliphatic carbocycles. The van der Waals surface area contributed by atoms with Crippen molar-refractivity contribution in [2.24, 2.45) is 0 Å². The Balaban J connectivity index is 2.73. The summed E-state index contributed by atoms with van der Waals surface area (Å²) in [5, 5.41) is 12.2.